The number of carbonyl (C=O) groups excluding carboxylic acids is 1. The average Bonchev–Trinajstić information content (AvgIpc) is 2.99. The SMILES string of the molecule is COc1cc(Cl)ccc1C(=O)N1CCc2[nH]nc(-c3ccc(C)cc3)c2CC1. The van der Waals surface area contributed by atoms with Crippen molar-refractivity contribution >= 4 is 17.5 Å². The topological polar surface area (TPSA) is 58.2 Å². The molecule has 28 heavy (non-hydrogen) atoms. The van der Waals surface area contributed by atoms with Gasteiger partial charge in [-0.2, -0.15) is 5.10 Å². The van der Waals surface area contributed by atoms with Crippen LogP contribution in [-0.2, 0) is 12.8 Å². The van der Waals surface area contributed by atoms with Gasteiger partial charge < -0.3 is 9.64 Å². The summed E-state index contributed by atoms with van der Waals surface area (Å²) < 4.78 is 5.35. The predicted octanol–water partition coefficient (Wildman–Crippen LogP) is 4.29. The first kappa shape index (κ1) is 18.6. The number of nitrogens with one attached hydrogen (secondary N) is 1. The smallest absolute Gasteiger partial charge is 0.257 e. The van der Waals surface area contributed by atoms with Gasteiger partial charge in [0.2, 0.25) is 0 Å². The highest BCUT2D eigenvalue weighted by Gasteiger charge is 2.25. The van der Waals surface area contributed by atoms with Crippen LogP contribution in [0.1, 0.15) is 27.2 Å². The van der Waals surface area contributed by atoms with Crippen LogP contribution in [0, 0.1) is 6.92 Å². The Morgan fingerprint density at radius 2 is 1.89 bits per heavy atom. The maximum absolute atomic E-state index is 13.1. The van der Waals surface area contributed by atoms with E-state index in [1.54, 1.807) is 25.3 Å². The van der Waals surface area contributed by atoms with Gasteiger partial charge in [0.25, 0.3) is 5.91 Å². The number of methoxy groups -OCH3 is 1. The van der Waals surface area contributed by atoms with Gasteiger partial charge in [0.05, 0.1) is 18.4 Å². The van der Waals surface area contributed by atoms with Crippen molar-refractivity contribution < 1.29 is 9.53 Å². The largest absolute Gasteiger partial charge is 0.496 e. The molecule has 1 amide bonds. The lowest BCUT2D eigenvalue weighted by molar-refractivity contribution is 0.0759. The summed E-state index contributed by atoms with van der Waals surface area (Å²) in [5, 5.41) is 8.27. The molecule has 0 bridgehead atoms. The number of aryl methyl sites for hydroxylation is 1. The Balaban J connectivity index is 1.57. The molecule has 1 aliphatic heterocycles. The number of rotatable bonds is 3. The molecule has 5 nitrogen and oxygen atoms in total. The lowest BCUT2D eigenvalue weighted by atomic mass is 10.0. The Bertz CT molecular complexity index is 1010. The van der Waals surface area contributed by atoms with E-state index in [1.165, 1.54) is 11.1 Å². The number of hydrogen-bond donors (Lipinski definition) is 1. The minimum atomic E-state index is -0.0384. The van der Waals surface area contributed by atoms with Gasteiger partial charge in [-0.3, -0.25) is 9.89 Å². The Labute approximate surface area is 169 Å². The van der Waals surface area contributed by atoms with Gasteiger partial charge in [-0.1, -0.05) is 41.4 Å². The third-order valence-electron chi connectivity index (χ3n) is 5.22. The van der Waals surface area contributed by atoms with E-state index in [0.29, 0.717) is 29.4 Å². The minimum absolute atomic E-state index is 0.0384. The predicted molar refractivity (Wildman–Crippen MR) is 110 cm³/mol. The van der Waals surface area contributed by atoms with Crippen molar-refractivity contribution in [3.63, 3.8) is 0 Å². The first-order valence-corrected chi connectivity index (χ1v) is 9.70. The zero-order chi connectivity index (χ0) is 19.7. The van der Waals surface area contributed by atoms with Gasteiger partial charge in [-0.15, -0.1) is 0 Å². The van der Waals surface area contributed by atoms with Crippen molar-refractivity contribution in [3.05, 3.63) is 69.9 Å². The molecule has 1 N–H and O–H groups in total. The van der Waals surface area contributed by atoms with E-state index in [2.05, 4.69) is 41.4 Å². The van der Waals surface area contributed by atoms with Gasteiger partial charge in [-0.05, 0) is 31.5 Å². The number of amides is 1. The van der Waals surface area contributed by atoms with Crippen LogP contribution in [0.2, 0.25) is 5.02 Å². The molecule has 1 aliphatic rings. The van der Waals surface area contributed by atoms with Crippen LogP contribution in [-0.4, -0.2) is 41.2 Å². The van der Waals surface area contributed by atoms with Crippen molar-refractivity contribution in [1.29, 1.82) is 0 Å². The summed E-state index contributed by atoms with van der Waals surface area (Å²) in [6.45, 7) is 3.34. The summed E-state index contributed by atoms with van der Waals surface area (Å²) in [6.07, 6.45) is 1.51. The Morgan fingerprint density at radius 1 is 1.14 bits per heavy atom. The van der Waals surface area contributed by atoms with Crippen LogP contribution >= 0.6 is 11.6 Å². The molecular weight excluding hydrogens is 374 g/mol. The van der Waals surface area contributed by atoms with Gasteiger partial charge >= 0.3 is 0 Å². The first-order chi connectivity index (χ1) is 13.6. The Morgan fingerprint density at radius 3 is 2.64 bits per heavy atom. The summed E-state index contributed by atoms with van der Waals surface area (Å²) in [7, 11) is 1.55. The van der Waals surface area contributed by atoms with Gasteiger partial charge in [-0.25, -0.2) is 0 Å². The molecule has 0 atom stereocenters. The molecule has 3 aromatic rings. The summed E-state index contributed by atoms with van der Waals surface area (Å²) in [5.41, 5.74) is 6.14. The lowest BCUT2D eigenvalue weighted by Gasteiger charge is -2.21. The number of aromatic amines is 1. The molecule has 1 aromatic heterocycles. The van der Waals surface area contributed by atoms with Crippen LogP contribution < -0.4 is 4.74 Å². The molecule has 4 rings (SSSR count). The maximum atomic E-state index is 13.1. The van der Waals surface area contributed by atoms with Gasteiger partial charge in [0, 0.05) is 41.4 Å². The van der Waals surface area contributed by atoms with Crippen LogP contribution in [0.4, 0.5) is 0 Å². The summed E-state index contributed by atoms with van der Waals surface area (Å²) >= 11 is 6.03. The molecule has 2 heterocycles. The standard InChI is InChI=1S/C22H22ClN3O2/c1-14-3-5-15(6-4-14)21-17-9-11-26(12-10-19(17)24-25-21)22(27)18-8-7-16(23)13-20(18)28-2/h3-8,13H,9-12H2,1-2H3,(H,24,25). The number of carbonyl (C=O) groups is 1. The summed E-state index contributed by atoms with van der Waals surface area (Å²) in [4.78, 5) is 15.0. The van der Waals surface area contributed by atoms with E-state index < -0.39 is 0 Å². The monoisotopic (exact) mass is 395 g/mol. The number of benzene rings is 2. The normalized spacial score (nSPS) is 13.8. The molecule has 0 saturated carbocycles. The molecule has 0 saturated heterocycles. The first-order valence-electron chi connectivity index (χ1n) is 9.33. The third-order valence-corrected chi connectivity index (χ3v) is 5.46. The molecule has 0 spiro atoms. The zero-order valence-corrected chi connectivity index (χ0v) is 16.7. The highest BCUT2D eigenvalue weighted by Crippen LogP contribution is 2.29. The summed E-state index contributed by atoms with van der Waals surface area (Å²) in [6, 6.07) is 13.5. The van der Waals surface area contributed by atoms with Crippen molar-refractivity contribution in [1.82, 2.24) is 15.1 Å². The van der Waals surface area contributed by atoms with E-state index in [0.717, 1.165) is 29.8 Å². The third kappa shape index (κ3) is 3.50. The number of ether oxygens (including phenoxy) is 1. The molecule has 0 fully saturated rings. The molecule has 0 radical (unpaired) electrons. The second-order valence-electron chi connectivity index (χ2n) is 7.03. The highest BCUT2D eigenvalue weighted by molar-refractivity contribution is 6.30. The van der Waals surface area contributed by atoms with Crippen LogP contribution in [0.3, 0.4) is 0 Å². The van der Waals surface area contributed by atoms with Crippen LogP contribution in [0.5, 0.6) is 5.75 Å². The van der Waals surface area contributed by atoms with E-state index >= 15 is 0 Å². The summed E-state index contributed by atoms with van der Waals surface area (Å²) in [5.74, 6) is 0.464. The van der Waals surface area contributed by atoms with E-state index in [9.17, 15) is 4.79 Å². The fourth-order valence-electron chi connectivity index (χ4n) is 3.65. The van der Waals surface area contributed by atoms with Gasteiger partial charge in [0.1, 0.15) is 5.75 Å². The Kier molecular flexibility index (Phi) is 5.09. The van der Waals surface area contributed by atoms with E-state index in [-0.39, 0.29) is 5.91 Å². The molecule has 144 valence electrons. The van der Waals surface area contributed by atoms with Gasteiger partial charge in [0.15, 0.2) is 0 Å². The maximum Gasteiger partial charge on any atom is 0.257 e. The fraction of sp³-hybridized carbons (Fsp3) is 0.273. The van der Waals surface area contributed by atoms with Crippen molar-refractivity contribution in [2.75, 3.05) is 20.2 Å². The number of H-pyrrole nitrogens is 1. The molecule has 0 aliphatic carbocycles. The molecule has 6 heteroatoms. The quantitative estimate of drug-likeness (QED) is 0.719. The average molecular weight is 396 g/mol. The highest BCUT2D eigenvalue weighted by atomic mass is 35.5. The van der Waals surface area contributed by atoms with Crippen molar-refractivity contribution in [3.8, 4) is 17.0 Å². The lowest BCUT2D eigenvalue weighted by Crippen LogP contribution is -2.33. The minimum Gasteiger partial charge on any atom is -0.496 e. The zero-order valence-electron chi connectivity index (χ0n) is 16.0. The Hall–Kier alpha value is -2.79. The van der Waals surface area contributed by atoms with Crippen molar-refractivity contribution in [2.24, 2.45) is 0 Å². The van der Waals surface area contributed by atoms with Crippen molar-refractivity contribution in [2.45, 2.75) is 19.8 Å². The number of halogens is 1. The number of nitrogens with zero attached hydrogens (tertiary/aromatic N) is 2. The number of aromatic nitrogens is 2. The van der Waals surface area contributed by atoms with Crippen LogP contribution in [0.25, 0.3) is 11.3 Å². The molecule has 0 unspecified atom stereocenters. The number of hydrogen-bond acceptors (Lipinski definition) is 3. The second-order valence-corrected chi connectivity index (χ2v) is 7.47. The van der Waals surface area contributed by atoms with Crippen LogP contribution in [0.15, 0.2) is 42.5 Å². The fourth-order valence-corrected chi connectivity index (χ4v) is 3.81. The second kappa shape index (κ2) is 7.68. The van der Waals surface area contributed by atoms with E-state index in [1.807, 2.05) is 4.90 Å². The molecule has 2 aromatic carbocycles. The molecular formula is C22H22ClN3O2. The number of fused-ring (bicyclic) bond motifs is 1. The van der Waals surface area contributed by atoms with E-state index in [4.69, 9.17) is 16.3 Å².